The van der Waals surface area contributed by atoms with Gasteiger partial charge in [-0.1, -0.05) is 6.92 Å². The van der Waals surface area contributed by atoms with Gasteiger partial charge in [0.05, 0.1) is 6.54 Å². The number of hydrogen-bond donors (Lipinski definition) is 1. The Balaban J connectivity index is 1.80. The highest BCUT2D eigenvalue weighted by molar-refractivity contribution is 5.69. The van der Waals surface area contributed by atoms with Crippen LogP contribution in [-0.2, 0) is 11.2 Å². The van der Waals surface area contributed by atoms with Crippen molar-refractivity contribution < 1.29 is 9.90 Å². The van der Waals surface area contributed by atoms with Gasteiger partial charge in [-0.05, 0) is 18.6 Å². The number of piperazine rings is 1. The number of hydrogen-bond acceptors (Lipinski definition) is 6. The first-order valence-electron chi connectivity index (χ1n) is 8.13. The lowest BCUT2D eigenvalue weighted by Crippen LogP contribution is -2.48. The van der Waals surface area contributed by atoms with Gasteiger partial charge in [-0.25, -0.2) is 9.97 Å². The van der Waals surface area contributed by atoms with Crippen molar-refractivity contribution in [2.24, 2.45) is 0 Å². The van der Waals surface area contributed by atoms with Gasteiger partial charge >= 0.3 is 5.97 Å². The molecule has 7 nitrogen and oxygen atoms in total. The molecule has 1 N–H and O–H groups in total. The maximum absolute atomic E-state index is 10.8. The summed E-state index contributed by atoms with van der Waals surface area (Å²) in [6, 6.07) is 5.85. The van der Waals surface area contributed by atoms with Gasteiger partial charge in [0.2, 0.25) is 0 Å². The molecule has 3 rings (SSSR count). The molecule has 0 atom stereocenters. The fourth-order valence-electron chi connectivity index (χ4n) is 2.78. The van der Waals surface area contributed by atoms with Crippen LogP contribution in [-0.4, -0.2) is 63.7 Å². The van der Waals surface area contributed by atoms with Crippen LogP contribution in [0.25, 0.3) is 11.4 Å². The number of aromatic nitrogens is 3. The quantitative estimate of drug-likeness (QED) is 0.886. The van der Waals surface area contributed by atoms with Crippen molar-refractivity contribution in [2.75, 3.05) is 37.6 Å². The lowest BCUT2D eigenvalue weighted by molar-refractivity contribution is -0.138. The normalized spacial score (nSPS) is 15.5. The van der Waals surface area contributed by atoms with Gasteiger partial charge in [0, 0.05) is 55.9 Å². The summed E-state index contributed by atoms with van der Waals surface area (Å²) < 4.78 is 0. The third kappa shape index (κ3) is 3.86. The number of aryl methyl sites for hydroxylation is 1. The smallest absolute Gasteiger partial charge is 0.317 e. The molecule has 1 aliphatic heterocycles. The van der Waals surface area contributed by atoms with Gasteiger partial charge < -0.3 is 10.0 Å². The van der Waals surface area contributed by atoms with Gasteiger partial charge in [-0.3, -0.25) is 14.7 Å². The fraction of sp³-hybridized carbons (Fsp3) is 0.412. The molecule has 2 aromatic rings. The van der Waals surface area contributed by atoms with Crippen molar-refractivity contribution >= 4 is 11.8 Å². The first-order valence-corrected chi connectivity index (χ1v) is 8.13. The Kier molecular flexibility index (Phi) is 5.00. The average molecular weight is 327 g/mol. The van der Waals surface area contributed by atoms with E-state index in [1.54, 1.807) is 12.4 Å². The van der Waals surface area contributed by atoms with Crippen molar-refractivity contribution in [1.29, 1.82) is 0 Å². The number of carbonyl (C=O) groups is 1. The number of carboxylic acid groups (broad SMARTS) is 1. The minimum atomic E-state index is -0.780. The summed E-state index contributed by atoms with van der Waals surface area (Å²) in [6.45, 7) is 5.14. The van der Waals surface area contributed by atoms with Gasteiger partial charge in [0.25, 0.3) is 0 Å². The molecule has 126 valence electrons. The highest BCUT2D eigenvalue weighted by Crippen LogP contribution is 2.21. The van der Waals surface area contributed by atoms with Crippen LogP contribution in [0.5, 0.6) is 0 Å². The number of nitrogens with zero attached hydrogens (tertiary/aromatic N) is 5. The molecule has 24 heavy (non-hydrogen) atoms. The number of aliphatic carboxylic acids is 1. The van der Waals surface area contributed by atoms with Gasteiger partial charge in [0.15, 0.2) is 5.82 Å². The van der Waals surface area contributed by atoms with Crippen molar-refractivity contribution in [3.8, 4) is 11.4 Å². The summed E-state index contributed by atoms with van der Waals surface area (Å²) in [5, 5.41) is 8.90. The van der Waals surface area contributed by atoms with Crippen molar-refractivity contribution in [3.63, 3.8) is 0 Å². The summed E-state index contributed by atoms with van der Waals surface area (Å²) in [4.78, 5) is 28.4. The SMILES string of the molecule is CCc1cc(N2CCN(CC(=O)O)CC2)nc(-c2cccnc2)n1. The predicted octanol–water partition coefficient (Wildman–Crippen LogP) is 1.31. The summed E-state index contributed by atoms with van der Waals surface area (Å²) in [6.07, 6.45) is 4.33. The first-order chi connectivity index (χ1) is 11.7. The van der Waals surface area contributed by atoms with E-state index in [4.69, 9.17) is 10.1 Å². The molecular weight excluding hydrogens is 306 g/mol. The molecule has 7 heteroatoms. The second-order valence-corrected chi connectivity index (χ2v) is 5.79. The monoisotopic (exact) mass is 327 g/mol. The van der Waals surface area contributed by atoms with Gasteiger partial charge in [-0.2, -0.15) is 0 Å². The Morgan fingerprint density at radius 2 is 2.04 bits per heavy atom. The average Bonchev–Trinajstić information content (AvgIpc) is 2.62. The number of carboxylic acids is 1. The van der Waals surface area contributed by atoms with Crippen LogP contribution in [0.15, 0.2) is 30.6 Å². The van der Waals surface area contributed by atoms with Crippen LogP contribution in [0.2, 0.25) is 0 Å². The number of pyridine rings is 1. The van der Waals surface area contributed by atoms with Crippen LogP contribution < -0.4 is 4.90 Å². The zero-order valence-corrected chi connectivity index (χ0v) is 13.7. The van der Waals surface area contributed by atoms with Crippen molar-refractivity contribution in [1.82, 2.24) is 19.9 Å². The van der Waals surface area contributed by atoms with Crippen LogP contribution in [0.4, 0.5) is 5.82 Å². The fourth-order valence-corrected chi connectivity index (χ4v) is 2.78. The van der Waals surface area contributed by atoms with E-state index in [2.05, 4.69) is 21.8 Å². The Bertz CT molecular complexity index is 699. The van der Waals surface area contributed by atoms with E-state index in [9.17, 15) is 4.79 Å². The summed E-state index contributed by atoms with van der Waals surface area (Å²) >= 11 is 0. The van der Waals surface area contributed by atoms with E-state index in [1.165, 1.54) is 0 Å². The van der Waals surface area contributed by atoms with E-state index >= 15 is 0 Å². The lowest BCUT2D eigenvalue weighted by atomic mass is 10.2. The molecule has 0 radical (unpaired) electrons. The Labute approximate surface area is 141 Å². The van der Waals surface area contributed by atoms with E-state index in [0.29, 0.717) is 5.82 Å². The molecule has 0 saturated carbocycles. The predicted molar refractivity (Wildman–Crippen MR) is 90.9 cm³/mol. The molecule has 1 aliphatic rings. The van der Waals surface area contributed by atoms with E-state index in [0.717, 1.165) is 49.7 Å². The molecule has 3 heterocycles. The lowest BCUT2D eigenvalue weighted by Gasteiger charge is -2.34. The minimum Gasteiger partial charge on any atom is -0.480 e. The van der Waals surface area contributed by atoms with Gasteiger partial charge in [-0.15, -0.1) is 0 Å². The summed E-state index contributed by atoms with van der Waals surface area (Å²) in [5.74, 6) is 0.804. The number of anilines is 1. The second kappa shape index (κ2) is 7.35. The molecule has 0 spiro atoms. The van der Waals surface area contributed by atoms with Crippen LogP contribution in [0, 0.1) is 0 Å². The molecule has 0 unspecified atom stereocenters. The molecule has 0 bridgehead atoms. The summed E-state index contributed by atoms with van der Waals surface area (Å²) in [5.41, 5.74) is 1.89. The highest BCUT2D eigenvalue weighted by atomic mass is 16.4. The molecule has 2 aromatic heterocycles. The zero-order chi connectivity index (χ0) is 16.9. The summed E-state index contributed by atoms with van der Waals surface area (Å²) in [7, 11) is 0. The van der Waals surface area contributed by atoms with Crippen molar-refractivity contribution in [2.45, 2.75) is 13.3 Å². The van der Waals surface area contributed by atoms with Gasteiger partial charge in [0.1, 0.15) is 5.82 Å². The van der Waals surface area contributed by atoms with Crippen LogP contribution in [0.1, 0.15) is 12.6 Å². The third-order valence-corrected chi connectivity index (χ3v) is 4.10. The van der Waals surface area contributed by atoms with E-state index in [-0.39, 0.29) is 6.54 Å². The number of rotatable bonds is 5. The zero-order valence-electron chi connectivity index (χ0n) is 13.7. The minimum absolute atomic E-state index is 0.0960. The Hall–Kier alpha value is -2.54. The standard InChI is InChI=1S/C17H21N5O2/c1-2-14-10-15(20-17(19-14)13-4-3-5-18-11-13)22-8-6-21(7-9-22)12-16(23)24/h3-5,10-11H,2,6-9,12H2,1H3,(H,23,24). The molecule has 1 saturated heterocycles. The maximum Gasteiger partial charge on any atom is 0.317 e. The molecule has 0 aliphatic carbocycles. The Morgan fingerprint density at radius 3 is 2.67 bits per heavy atom. The topological polar surface area (TPSA) is 82.5 Å². The third-order valence-electron chi connectivity index (χ3n) is 4.10. The van der Waals surface area contributed by atoms with E-state index in [1.807, 2.05) is 23.1 Å². The first kappa shape index (κ1) is 16.3. The van der Waals surface area contributed by atoms with Crippen LogP contribution in [0.3, 0.4) is 0 Å². The second-order valence-electron chi connectivity index (χ2n) is 5.79. The molecule has 1 fully saturated rings. The highest BCUT2D eigenvalue weighted by Gasteiger charge is 2.20. The largest absolute Gasteiger partial charge is 0.480 e. The van der Waals surface area contributed by atoms with Crippen molar-refractivity contribution in [3.05, 3.63) is 36.3 Å². The Morgan fingerprint density at radius 1 is 1.25 bits per heavy atom. The maximum atomic E-state index is 10.8. The molecular formula is C17H21N5O2. The van der Waals surface area contributed by atoms with Crippen LogP contribution >= 0.6 is 0 Å². The van der Waals surface area contributed by atoms with E-state index < -0.39 is 5.97 Å². The molecule has 0 aromatic carbocycles. The molecule has 0 amide bonds.